The predicted molar refractivity (Wildman–Crippen MR) is 88.7 cm³/mol. The fourth-order valence-corrected chi connectivity index (χ4v) is 3.26. The van der Waals surface area contributed by atoms with Gasteiger partial charge in [-0.1, -0.05) is 6.92 Å². The van der Waals surface area contributed by atoms with Crippen molar-refractivity contribution in [2.45, 2.75) is 18.2 Å². The van der Waals surface area contributed by atoms with Crippen molar-refractivity contribution in [2.75, 3.05) is 18.9 Å². The number of anilines is 1. The Bertz CT molecular complexity index is 948. The second kappa shape index (κ2) is 7.65. The van der Waals surface area contributed by atoms with Crippen LogP contribution in [0.4, 0.5) is 14.5 Å². The van der Waals surface area contributed by atoms with Crippen LogP contribution in [0.3, 0.4) is 0 Å². The molecular weight excluding hydrogens is 370 g/mol. The molecule has 0 saturated heterocycles. The van der Waals surface area contributed by atoms with Crippen LogP contribution >= 0.6 is 0 Å². The molecule has 1 aromatic carbocycles. The minimum Gasteiger partial charge on any atom is -0.480 e. The van der Waals surface area contributed by atoms with Gasteiger partial charge in [-0.3, -0.25) is 4.72 Å². The number of benzene rings is 1. The number of rotatable bonds is 6. The van der Waals surface area contributed by atoms with Crippen molar-refractivity contribution in [1.82, 2.24) is 4.98 Å². The largest absolute Gasteiger partial charge is 0.480 e. The number of nitrogens with one attached hydrogen (secondary N) is 1. The summed E-state index contributed by atoms with van der Waals surface area (Å²) in [6, 6.07) is 2.35. The van der Waals surface area contributed by atoms with E-state index in [0.717, 1.165) is 7.11 Å². The molecule has 0 radical (unpaired) electrons. The summed E-state index contributed by atoms with van der Waals surface area (Å²) in [5.41, 5.74) is -0.0183. The average Bonchev–Trinajstić information content (AvgIpc) is 2.60. The Morgan fingerprint density at radius 2 is 1.88 bits per heavy atom. The van der Waals surface area contributed by atoms with E-state index >= 15 is 0 Å². The molecule has 0 amide bonds. The van der Waals surface area contributed by atoms with Crippen LogP contribution in [0.25, 0.3) is 0 Å². The number of nitrogens with zero attached hydrogens (tertiary/aromatic N) is 1. The third kappa shape index (κ3) is 3.90. The molecule has 1 aromatic heterocycles. The van der Waals surface area contributed by atoms with Gasteiger partial charge in [-0.2, -0.15) is 0 Å². The van der Waals surface area contributed by atoms with E-state index in [2.05, 4.69) is 14.4 Å². The van der Waals surface area contributed by atoms with E-state index < -0.39 is 38.1 Å². The standard InChI is InChI=1S/C16H16F2N2O5S/c1-4-9-5-13(15(24-2)19-8-9)20-26(22,23)14-6-10(16(21)25-3)11(17)7-12(14)18/h5-8,20H,4H2,1-3H3. The van der Waals surface area contributed by atoms with Crippen LogP contribution in [-0.2, 0) is 21.2 Å². The van der Waals surface area contributed by atoms with Crippen LogP contribution in [0.5, 0.6) is 5.88 Å². The summed E-state index contributed by atoms with van der Waals surface area (Å²) in [7, 11) is -2.22. The maximum Gasteiger partial charge on any atom is 0.340 e. The molecule has 1 N–H and O–H groups in total. The lowest BCUT2D eigenvalue weighted by atomic mass is 10.2. The van der Waals surface area contributed by atoms with E-state index in [1.54, 1.807) is 0 Å². The Hall–Kier alpha value is -2.75. The summed E-state index contributed by atoms with van der Waals surface area (Å²) in [5, 5.41) is 0. The second-order valence-electron chi connectivity index (χ2n) is 5.11. The lowest BCUT2D eigenvalue weighted by Gasteiger charge is -2.13. The molecule has 1 heterocycles. The van der Waals surface area contributed by atoms with E-state index in [0.29, 0.717) is 24.1 Å². The third-order valence-electron chi connectivity index (χ3n) is 3.47. The molecule has 0 atom stereocenters. The van der Waals surface area contributed by atoms with Gasteiger partial charge >= 0.3 is 5.97 Å². The van der Waals surface area contributed by atoms with Crippen LogP contribution in [0.15, 0.2) is 29.3 Å². The average molecular weight is 386 g/mol. The fourth-order valence-electron chi connectivity index (χ4n) is 2.13. The number of aromatic nitrogens is 1. The van der Waals surface area contributed by atoms with E-state index in [-0.39, 0.29) is 11.6 Å². The lowest BCUT2D eigenvalue weighted by molar-refractivity contribution is 0.0595. The van der Waals surface area contributed by atoms with Crippen molar-refractivity contribution in [2.24, 2.45) is 0 Å². The van der Waals surface area contributed by atoms with Crippen molar-refractivity contribution < 1.29 is 31.5 Å². The monoisotopic (exact) mass is 386 g/mol. The third-order valence-corrected chi connectivity index (χ3v) is 4.85. The first-order chi connectivity index (χ1) is 12.2. The number of aryl methyl sites for hydroxylation is 1. The molecule has 0 bridgehead atoms. The minimum atomic E-state index is -4.50. The van der Waals surface area contributed by atoms with E-state index in [1.807, 2.05) is 6.92 Å². The van der Waals surface area contributed by atoms with Gasteiger partial charge in [-0.05, 0) is 24.1 Å². The summed E-state index contributed by atoms with van der Waals surface area (Å²) < 4.78 is 64.4. The molecule has 7 nitrogen and oxygen atoms in total. The normalized spacial score (nSPS) is 11.1. The van der Waals surface area contributed by atoms with Gasteiger partial charge in [0.15, 0.2) is 0 Å². The molecule has 0 unspecified atom stereocenters. The Labute approximate surface area is 149 Å². The van der Waals surface area contributed by atoms with Crippen LogP contribution in [-0.4, -0.2) is 33.6 Å². The molecule has 0 aliphatic heterocycles. The lowest BCUT2D eigenvalue weighted by Crippen LogP contribution is -2.17. The summed E-state index contributed by atoms with van der Waals surface area (Å²) >= 11 is 0. The number of halogens is 2. The smallest absolute Gasteiger partial charge is 0.340 e. The number of hydrogen-bond acceptors (Lipinski definition) is 6. The zero-order chi connectivity index (χ0) is 19.5. The van der Waals surface area contributed by atoms with Crippen LogP contribution < -0.4 is 9.46 Å². The molecule has 0 aliphatic carbocycles. The minimum absolute atomic E-state index is 0.0183. The number of pyridine rings is 1. The Kier molecular flexibility index (Phi) is 5.76. The SMILES string of the molecule is CCc1cnc(OC)c(NS(=O)(=O)c2cc(C(=O)OC)c(F)cc2F)c1. The van der Waals surface area contributed by atoms with E-state index in [9.17, 15) is 22.0 Å². The molecule has 0 spiro atoms. The van der Waals surface area contributed by atoms with Crippen LogP contribution in [0.2, 0.25) is 0 Å². The first kappa shape index (κ1) is 19.6. The topological polar surface area (TPSA) is 94.6 Å². The number of ether oxygens (including phenoxy) is 2. The van der Waals surface area contributed by atoms with Gasteiger partial charge in [-0.25, -0.2) is 27.0 Å². The highest BCUT2D eigenvalue weighted by Crippen LogP contribution is 2.28. The molecule has 26 heavy (non-hydrogen) atoms. The van der Waals surface area contributed by atoms with Crippen LogP contribution in [0.1, 0.15) is 22.8 Å². The highest BCUT2D eigenvalue weighted by atomic mass is 32.2. The predicted octanol–water partition coefficient (Wildman–Crippen LogP) is 2.52. The maximum atomic E-state index is 14.1. The van der Waals surface area contributed by atoms with Gasteiger partial charge in [0.25, 0.3) is 10.0 Å². The molecule has 2 aromatic rings. The Balaban J connectivity index is 2.53. The molecule has 10 heteroatoms. The first-order valence-corrected chi connectivity index (χ1v) is 8.84. The van der Waals surface area contributed by atoms with Crippen molar-refractivity contribution in [3.8, 4) is 5.88 Å². The summed E-state index contributed by atoms with van der Waals surface area (Å²) in [4.78, 5) is 14.6. The number of carbonyl (C=O) groups excluding carboxylic acids is 1. The second-order valence-corrected chi connectivity index (χ2v) is 6.76. The quantitative estimate of drug-likeness (QED) is 0.767. The number of carbonyl (C=O) groups is 1. The summed E-state index contributed by atoms with van der Waals surface area (Å²) in [6.45, 7) is 1.84. The molecule has 140 valence electrons. The van der Waals surface area contributed by atoms with Crippen molar-refractivity contribution >= 4 is 21.7 Å². The van der Waals surface area contributed by atoms with E-state index in [1.165, 1.54) is 19.4 Å². The van der Waals surface area contributed by atoms with Gasteiger partial charge in [-0.15, -0.1) is 0 Å². The molecule has 0 saturated carbocycles. The van der Waals surface area contributed by atoms with Gasteiger partial charge in [0.2, 0.25) is 5.88 Å². The van der Waals surface area contributed by atoms with Gasteiger partial charge in [0.05, 0.1) is 19.8 Å². The number of hydrogen-bond donors (Lipinski definition) is 1. The Morgan fingerprint density at radius 1 is 1.19 bits per heavy atom. The molecule has 0 aliphatic rings. The highest BCUT2D eigenvalue weighted by Gasteiger charge is 2.26. The molecular formula is C16H16F2N2O5S. The Morgan fingerprint density at radius 3 is 2.46 bits per heavy atom. The van der Waals surface area contributed by atoms with Crippen molar-refractivity contribution in [3.63, 3.8) is 0 Å². The first-order valence-electron chi connectivity index (χ1n) is 7.36. The van der Waals surface area contributed by atoms with Crippen LogP contribution in [0, 0.1) is 11.6 Å². The zero-order valence-electron chi connectivity index (χ0n) is 14.2. The van der Waals surface area contributed by atoms with Crippen molar-refractivity contribution in [1.29, 1.82) is 0 Å². The number of esters is 1. The van der Waals surface area contributed by atoms with Gasteiger partial charge in [0.1, 0.15) is 22.2 Å². The molecule has 2 rings (SSSR count). The van der Waals surface area contributed by atoms with Gasteiger partial charge < -0.3 is 9.47 Å². The van der Waals surface area contributed by atoms with Crippen molar-refractivity contribution in [3.05, 3.63) is 47.2 Å². The fraction of sp³-hybridized carbons (Fsp3) is 0.250. The number of sulfonamides is 1. The maximum absolute atomic E-state index is 14.1. The van der Waals surface area contributed by atoms with Gasteiger partial charge in [0, 0.05) is 12.3 Å². The van der Waals surface area contributed by atoms with E-state index in [4.69, 9.17) is 4.74 Å². The highest BCUT2D eigenvalue weighted by molar-refractivity contribution is 7.92. The summed E-state index contributed by atoms with van der Waals surface area (Å²) in [5.74, 6) is -3.76. The summed E-state index contributed by atoms with van der Waals surface area (Å²) in [6.07, 6.45) is 2.08. The molecule has 0 fully saturated rings. The number of methoxy groups -OCH3 is 2. The zero-order valence-corrected chi connectivity index (χ0v) is 15.0.